The van der Waals surface area contributed by atoms with E-state index in [9.17, 15) is 25.2 Å². The van der Waals surface area contributed by atoms with E-state index in [-0.39, 0.29) is 12.3 Å². The molecule has 28 heavy (non-hydrogen) atoms. The van der Waals surface area contributed by atoms with Crippen molar-refractivity contribution in [3.05, 3.63) is 44.9 Å². The maximum Gasteiger partial charge on any atom is 0.257 e. The van der Waals surface area contributed by atoms with Crippen LogP contribution in [0.25, 0.3) is 0 Å². The highest BCUT2D eigenvalue weighted by Crippen LogP contribution is 2.29. The average Bonchev–Trinajstić information content (AvgIpc) is 3.01. The van der Waals surface area contributed by atoms with Crippen LogP contribution in [0, 0.1) is 6.92 Å². The Kier molecular flexibility index (Phi) is 6.81. The number of halogens is 1. The molecule has 1 fully saturated rings. The number of aliphatic hydroxyl groups excluding tert-OH is 4. The molecule has 1 aromatic heterocycles. The minimum atomic E-state index is -1.42. The van der Waals surface area contributed by atoms with E-state index < -0.39 is 37.1 Å². The van der Waals surface area contributed by atoms with Crippen molar-refractivity contribution in [2.75, 3.05) is 11.9 Å². The number of aryl methyl sites for hydroxylation is 1. The summed E-state index contributed by atoms with van der Waals surface area (Å²) < 4.78 is 6.41. The van der Waals surface area contributed by atoms with E-state index in [0.717, 1.165) is 9.35 Å². The first-order valence-corrected chi connectivity index (χ1v) is 10.2. The minimum absolute atomic E-state index is 0.221. The van der Waals surface area contributed by atoms with E-state index in [1.807, 2.05) is 0 Å². The molecule has 0 spiro atoms. The summed E-state index contributed by atoms with van der Waals surface area (Å²) in [6, 6.07) is 6.92. The number of carbonyl (C=O) groups excluding carboxylic acids is 1. The smallest absolute Gasteiger partial charge is 0.257 e. The molecular formula is C18H21BrN2O6S. The van der Waals surface area contributed by atoms with Gasteiger partial charge in [-0.25, -0.2) is 4.98 Å². The number of carbonyl (C=O) groups is 1. The van der Waals surface area contributed by atoms with E-state index in [2.05, 4.69) is 26.2 Å². The molecule has 3 rings (SSSR count). The molecule has 0 radical (unpaired) electrons. The molecule has 1 saturated heterocycles. The minimum Gasteiger partial charge on any atom is -0.394 e. The monoisotopic (exact) mass is 472 g/mol. The van der Waals surface area contributed by atoms with Crippen LogP contribution in [0.5, 0.6) is 0 Å². The van der Waals surface area contributed by atoms with Crippen LogP contribution in [0.15, 0.2) is 28.7 Å². The summed E-state index contributed by atoms with van der Waals surface area (Å²) in [6.45, 7) is 1.29. The number of anilines is 1. The number of rotatable bonds is 5. The van der Waals surface area contributed by atoms with Crippen LogP contribution in [0.4, 0.5) is 5.13 Å². The van der Waals surface area contributed by atoms with Crippen LogP contribution in [-0.2, 0) is 11.2 Å². The number of nitrogens with one attached hydrogen (secondary N) is 1. The summed E-state index contributed by atoms with van der Waals surface area (Å²) >= 11 is 4.56. The summed E-state index contributed by atoms with van der Waals surface area (Å²) in [5, 5.41) is 42.4. The zero-order valence-electron chi connectivity index (χ0n) is 14.9. The van der Waals surface area contributed by atoms with Gasteiger partial charge in [0.25, 0.3) is 5.91 Å². The topological polar surface area (TPSA) is 132 Å². The van der Waals surface area contributed by atoms with Gasteiger partial charge in [-0.15, -0.1) is 11.3 Å². The predicted octanol–water partition coefficient (Wildman–Crippen LogP) is 0.851. The van der Waals surface area contributed by atoms with Crippen molar-refractivity contribution in [2.45, 2.75) is 43.9 Å². The second-order valence-electron chi connectivity index (χ2n) is 6.56. The molecule has 0 aliphatic carbocycles. The van der Waals surface area contributed by atoms with Gasteiger partial charge in [0, 0.05) is 21.3 Å². The number of ether oxygens (including phenoxy) is 1. The number of hydrogen-bond donors (Lipinski definition) is 5. The standard InChI is InChI=1S/C18H21BrN2O6S/c1-8-13(6-11-14(23)16(25)15(24)12(7-22)27-11)28-18(20-8)21-17(26)9-2-4-10(19)5-3-9/h2-5,11-12,14-16,22-25H,6-7H2,1H3,(H,20,21,26)/t11-,12+,14-,15-,16+/m0/s1. The maximum atomic E-state index is 12.3. The highest BCUT2D eigenvalue weighted by Gasteiger charge is 2.43. The van der Waals surface area contributed by atoms with Crippen LogP contribution in [0.1, 0.15) is 20.9 Å². The Labute approximate surface area is 173 Å². The van der Waals surface area contributed by atoms with Crippen molar-refractivity contribution in [1.82, 2.24) is 4.98 Å². The molecule has 10 heteroatoms. The Morgan fingerprint density at radius 2 is 1.82 bits per heavy atom. The Balaban J connectivity index is 1.70. The molecule has 152 valence electrons. The van der Waals surface area contributed by atoms with Gasteiger partial charge in [0.15, 0.2) is 5.13 Å². The van der Waals surface area contributed by atoms with Gasteiger partial charge < -0.3 is 25.2 Å². The molecule has 5 atom stereocenters. The van der Waals surface area contributed by atoms with E-state index >= 15 is 0 Å². The molecule has 0 saturated carbocycles. The lowest BCUT2D eigenvalue weighted by Gasteiger charge is -2.40. The molecule has 8 nitrogen and oxygen atoms in total. The molecule has 2 aromatic rings. The zero-order chi connectivity index (χ0) is 20.4. The fraction of sp³-hybridized carbons (Fsp3) is 0.444. The highest BCUT2D eigenvalue weighted by molar-refractivity contribution is 9.10. The summed E-state index contributed by atoms with van der Waals surface area (Å²) in [6.07, 6.45) is -5.66. The van der Waals surface area contributed by atoms with Crippen molar-refractivity contribution in [2.24, 2.45) is 0 Å². The molecule has 2 heterocycles. The lowest BCUT2D eigenvalue weighted by molar-refractivity contribution is -0.228. The quantitative estimate of drug-likeness (QED) is 0.435. The van der Waals surface area contributed by atoms with Gasteiger partial charge in [0.05, 0.1) is 18.4 Å². The normalized spacial score (nSPS) is 27.6. The maximum absolute atomic E-state index is 12.3. The van der Waals surface area contributed by atoms with Crippen LogP contribution in [-0.4, -0.2) is 68.4 Å². The van der Waals surface area contributed by atoms with Gasteiger partial charge in [-0.1, -0.05) is 15.9 Å². The van der Waals surface area contributed by atoms with Gasteiger partial charge in [-0.2, -0.15) is 0 Å². The molecular weight excluding hydrogens is 452 g/mol. The zero-order valence-corrected chi connectivity index (χ0v) is 17.4. The SMILES string of the molecule is Cc1nc(NC(=O)c2ccc(Br)cc2)sc1C[C@@H]1O[C@H](CO)[C@H](O)[C@H](O)[C@H]1O. The number of aliphatic hydroxyl groups is 4. The third-order valence-electron chi connectivity index (χ3n) is 4.60. The number of benzene rings is 1. The molecule has 1 aliphatic heterocycles. The van der Waals surface area contributed by atoms with Crippen LogP contribution in [0.3, 0.4) is 0 Å². The summed E-state index contributed by atoms with van der Waals surface area (Å²) in [5.74, 6) is -0.291. The summed E-state index contributed by atoms with van der Waals surface area (Å²) in [7, 11) is 0. The molecule has 5 N–H and O–H groups in total. The largest absolute Gasteiger partial charge is 0.394 e. The Morgan fingerprint density at radius 3 is 2.46 bits per heavy atom. The molecule has 1 aromatic carbocycles. The van der Waals surface area contributed by atoms with Gasteiger partial charge >= 0.3 is 0 Å². The first-order valence-electron chi connectivity index (χ1n) is 8.64. The highest BCUT2D eigenvalue weighted by atomic mass is 79.9. The van der Waals surface area contributed by atoms with Gasteiger partial charge in [-0.05, 0) is 31.2 Å². The average molecular weight is 473 g/mol. The number of amides is 1. The third-order valence-corrected chi connectivity index (χ3v) is 6.22. The Bertz CT molecular complexity index is 828. The number of thiazole rings is 1. The number of aromatic nitrogens is 1. The Morgan fingerprint density at radius 1 is 1.18 bits per heavy atom. The molecule has 0 bridgehead atoms. The molecule has 1 aliphatic rings. The first kappa shape index (κ1) is 21.3. The fourth-order valence-electron chi connectivity index (χ4n) is 2.97. The van der Waals surface area contributed by atoms with Crippen molar-refractivity contribution in [3.8, 4) is 0 Å². The predicted molar refractivity (Wildman–Crippen MR) is 106 cm³/mol. The van der Waals surface area contributed by atoms with Gasteiger partial charge in [0.2, 0.25) is 0 Å². The van der Waals surface area contributed by atoms with Gasteiger partial charge in [-0.3, -0.25) is 10.1 Å². The van der Waals surface area contributed by atoms with E-state index in [4.69, 9.17) is 4.74 Å². The van der Waals surface area contributed by atoms with Crippen molar-refractivity contribution < 1.29 is 30.0 Å². The van der Waals surface area contributed by atoms with E-state index in [1.54, 1.807) is 31.2 Å². The summed E-state index contributed by atoms with van der Waals surface area (Å²) in [5.41, 5.74) is 1.15. The van der Waals surface area contributed by atoms with Crippen LogP contribution in [0.2, 0.25) is 0 Å². The van der Waals surface area contributed by atoms with Crippen LogP contribution >= 0.6 is 27.3 Å². The van der Waals surface area contributed by atoms with Crippen molar-refractivity contribution in [3.63, 3.8) is 0 Å². The van der Waals surface area contributed by atoms with Crippen LogP contribution < -0.4 is 5.32 Å². The fourth-order valence-corrected chi connectivity index (χ4v) is 4.24. The lowest BCUT2D eigenvalue weighted by atomic mass is 9.93. The van der Waals surface area contributed by atoms with E-state index in [0.29, 0.717) is 16.4 Å². The van der Waals surface area contributed by atoms with Crippen molar-refractivity contribution >= 4 is 38.3 Å². The Hall–Kier alpha value is -1.40. The second kappa shape index (κ2) is 8.95. The van der Waals surface area contributed by atoms with Gasteiger partial charge in [0.1, 0.15) is 24.4 Å². The van der Waals surface area contributed by atoms with Crippen molar-refractivity contribution in [1.29, 1.82) is 0 Å². The number of nitrogens with zero attached hydrogens (tertiary/aromatic N) is 1. The second-order valence-corrected chi connectivity index (χ2v) is 8.56. The molecule has 0 unspecified atom stereocenters. The lowest BCUT2D eigenvalue weighted by Crippen LogP contribution is -2.58. The summed E-state index contributed by atoms with van der Waals surface area (Å²) in [4.78, 5) is 17.4. The molecule has 1 amide bonds. The third kappa shape index (κ3) is 4.60. The number of hydrogen-bond acceptors (Lipinski definition) is 8. The first-order chi connectivity index (χ1) is 13.3. The van der Waals surface area contributed by atoms with E-state index in [1.165, 1.54) is 11.3 Å².